The van der Waals surface area contributed by atoms with Crippen LogP contribution in [0.2, 0.25) is 0 Å². The molecule has 0 saturated carbocycles. The summed E-state index contributed by atoms with van der Waals surface area (Å²) in [5, 5.41) is 4.31. The molecule has 0 N–H and O–H groups in total. The van der Waals surface area contributed by atoms with E-state index < -0.39 is 22.2 Å². The lowest BCUT2D eigenvalue weighted by Crippen LogP contribution is -2.16. The van der Waals surface area contributed by atoms with Gasteiger partial charge in [-0.3, -0.25) is 9.25 Å². The Balaban J connectivity index is 1.74. The first-order valence-corrected chi connectivity index (χ1v) is 15.2. The molecule has 228 valence electrons. The molecule has 0 aliphatic carbocycles. The number of aromatic nitrogens is 4. The highest BCUT2D eigenvalue weighted by atomic mass is 32.2. The van der Waals surface area contributed by atoms with E-state index in [2.05, 4.69) is 14.8 Å². The maximum Gasteiger partial charge on any atom is 0.573 e. The van der Waals surface area contributed by atoms with Crippen molar-refractivity contribution in [2.75, 3.05) is 13.4 Å². The number of rotatable bonds is 8. The summed E-state index contributed by atoms with van der Waals surface area (Å²) in [6, 6.07) is 19.2. The van der Waals surface area contributed by atoms with Crippen molar-refractivity contribution < 1.29 is 35.9 Å². The van der Waals surface area contributed by atoms with Gasteiger partial charge in [0.2, 0.25) is 0 Å². The van der Waals surface area contributed by atoms with E-state index in [4.69, 9.17) is 4.74 Å². The van der Waals surface area contributed by atoms with E-state index in [0.717, 1.165) is 6.26 Å². The number of imidazole rings is 1. The van der Waals surface area contributed by atoms with Gasteiger partial charge in [-0.25, -0.2) is 18.2 Å². The molecule has 2 aromatic heterocycles. The SMILES string of the molecule is CCc1ncc(-c2ccc(OC(F)(F)F)cc2)n1-c1cc(-c2cccc(S(C)(=O)=O)c2)ccc1-c1cc(C(=O)OC)nn1C. The molecule has 0 spiro atoms. The highest BCUT2D eigenvalue weighted by Gasteiger charge is 2.31. The monoisotopic (exact) mass is 624 g/mol. The summed E-state index contributed by atoms with van der Waals surface area (Å²) < 4.78 is 75.2. The molecule has 13 heteroatoms. The lowest BCUT2D eigenvalue weighted by Gasteiger charge is -2.18. The fourth-order valence-electron chi connectivity index (χ4n) is 4.88. The van der Waals surface area contributed by atoms with Crippen molar-refractivity contribution >= 4 is 15.8 Å². The topological polar surface area (TPSA) is 105 Å². The van der Waals surface area contributed by atoms with E-state index >= 15 is 0 Å². The van der Waals surface area contributed by atoms with Gasteiger partial charge >= 0.3 is 12.3 Å². The second kappa shape index (κ2) is 11.6. The van der Waals surface area contributed by atoms with E-state index in [9.17, 15) is 26.4 Å². The average molecular weight is 625 g/mol. The van der Waals surface area contributed by atoms with Crippen molar-refractivity contribution in [3.63, 3.8) is 0 Å². The van der Waals surface area contributed by atoms with Gasteiger partial charge in [-0.2, -0.15) is 5.10 Å². The molecule has 0 amide bonds. The molecule has 0 aliphatic rings. The number of ether oxygens (including phenoxy) is 2. The Bertz CT molecular complexity index is 1960. The number of alkyl halides is 3. The van der Waals surface area contributed by atoms with E-state index in [-0.39, 0.29) is 16.3 Å². The minimum Gasteiger partial charge on any atom is -0.464 e. The summed E-state index contributed by atoms with van der Waals surface area (Å²) in [6.45, 7) is 1.92. The largest absolute Gasteiger partial charge is 0.573 e. The fourth-order valence-corrected chi connectivity index (χ4v) is 5.55. The first kappa shape index (κ1) is 30.5. The van der Waals surface area contributed by atoms with Gasteiger partial charge in [-0.1, -0.05) is 31.2 Å². The van der Waals surface area contributed by atoms with Gasteiger partial charge in [-0.15, -0.1) is 13.2 Å². The van der Waals surface area contributed by atoms with Gasteiger partial charge in [0.25, 0.3) is 0 Å². The van der Waals surface area contributed by atoms with Gasteiger partial charge in [-0.05, 0) is 59.7 Å². The summed E-state index contributed by atoms with van der Waals surface area (Å²) in [4.78, 5) is 17.0. The van der Waals surface area contributed by atoms with Crippen LogP contribution in [0.4, 0.5) is 13.2 Å². The summed E-state index contributed by atoms with van der Waals surface area (Å²) in [6.07, 6.45) is -1.56. The minimum atomic E-state index is -4.82. The van der Waals surface area contributed by atoms with Crippen LogP contribution in [0.1, 0.15) is 23.2 Å². The number of hydrogen-bond acceptors (Lipinski definition) is 7. The van der Waals surface area contributed by atoms with E-state index in [0.29, 0.717) is 51.6 Å². The number of benzene rings is 3. The van der Waals surface area contributed by atoms with Crippen LogP contribution in [0, 0.1) is 0 Å². The Labute approximate surface area is 251 Å². The van der Waals surface area contributed by atoms with E-state index in [1.165, 1.54) is 37.4 Å². The van der Waals surface area contributed by atoms with Gasteiger partial charge in [0.15, 0.2) is 15.5 Å². The smallest absolute Gasteiger partial charge is 0.464 e. The number of methoxy groups -OCH3 is 1. The van der Waals surface area contributed by atoms with Crippen LogP contribution in [0.15, 0.2) is 83.9 Å². The third-order valence-corrected chi connectivity index (χ3v) is 8.03. The number of esters is 1. The maximum atomic E-state index is 12.8. The van der Waals surface area contributed by atoms with Crippen molar-refractivity contribution in [2.24, 2.45) is 7.05 Å². The zero-order valence-corrected chi connectivity index (χ0v) is 24.9. The van der Waals surface area contributed by atoms with Crippen molar-refractivity contribution in [2.45, 2.75) is 24.6 Å². The van der Waals surface area contributed by atoms with Crippen molar-refractivity contribution in [3.8, 4) is 45.1 Å². The summed E-state index contributed by atoms with van der Waals surface area (Å²) in [5.41, 5.74) is 4.45. The summed E-state index contributed by atoms with van der Waals surface area (Å²) in [5.74, 6) is -0.322. The minimum absolute atomic E-state index is 0.0997. The maximum absolute atomic E-state index is 12.8. The second-order valence-electron chi connectivity index (χ2n) is 9.88. The quantitative estimate of drug-likeness (QED) is 0.188. The second-order valence-corrected chi connectivity index (χ2v) is 11.9. The molecule has 0 atom stereocenters. The molecule has 5 aromatic rings. The summed E-state index contributed by atoms with van der Waals surface area (Å²) >= 11 is 0. The van der Waals surface area contributed by atoms with Crippen molar-refractivity contribution in [1.82, 2.24) is 19.3 Å². The predicted molar refractivity (Wildman–Crippen MR) is 157 cm³/mol. The number of hydrogen-bond donors (Lipinski definition) is 0. The first-order chi connectivity index (χ1) is 20.8. The summed E-state index contributed by atoms with van der Waals surface area (Å²) in [7, 11) is -0.525. The normalized spacial score (nSPS) is 11.9. The van der Waals surface area contributed by atoms with Crippen molar-refractivity contribution in [1.29, 1.82) is 0 Å². The van der Waals surface area contributed by atoms with Crippen LogP contribution in [0.25, 0.3) is 39.3 Å². The van der Waals surface area contributed by atoms with Gasteiger partial charge in [0, 0.05) is 30.9 Å². The van der Waals surface area contributed by atoms with Crippen molar-refractivity contribution in [3.05, 3.63) is 90.5 Å². The molecule has 0 bridgehead atoms. The van der Waals surface area contributed by atoms with E-state index in [1.54, 1.807) is 42.2 Å². The molecule has 44 heavy (non-hydrogen) atoms. The Morgan fingerprint density at radius 2 is 1.61 bits per heavy atom. The molecule has 9 nitrogen and oxygen atoms in total. The molecule has 3 aromatic carbocycles. The van der Waals surface area contributed by atoms with E-state index in [1.807, 2.05) is 29.7 Å². The highest BCUT2D eigenvalue weighted by molar-refractivity contribution is 7.90. The molecule has 0 saturated heterocycles. The van der Waals surface area contributed by atoms with Crippen LogP contribution in [0.3, 0.4) is 0 Å². The molecule has 0 unspecified atom stereocenters. The highest BCUT2D eigenvalue weighted by Crippen LogP contribution is 2.37. The Hall–Kier alpha value is -4.91. The molecular weight excluding hydrogens is 597 g/mol. The lowest BCUT2D eigenvalue weighted by molar-refractivity contribution is -0.274. The van der Waals surface area contributed by atoms with Crippen LogP contribution >= 0.6 is 0 Å². The fraction of sp³-hybridized carbons (Fsp3) is 0.194. The molecule has 0 fully saturated rings. The van der Waals surface area contributed by atoms with Gasteiger partial charge in [0.05, 0.1) is 35.3 Å². The number of carbonyl (C=O) groups excluding carboxylic acids is 1. The molecule has 0 radical (unpaired) electrons. The first-order valence-electron chi connectivity index (χ1n) is 13.3. The zero-order chi connectivity index (χ0) is 31.8. The third-order valence-electron chi connectivity index (χ3n) is 6.92. The Kier molecular flexibility index (Phi) is 8.08. The van der Waals surface area contributed by atoms with Crippen LogP contribution in [-0.4, -0.2) is 53.4 Å². The molecule has 0 aliphatic heterocycles. The number of nitrogens with zero attached hydrogens (tertiary/aromatic N) is 4. The van der Waals surface area contributed by atoms with Gasteiger partial charge in [0.1, 0.15) is 11.6 Å². The molecule has 5 rings (SSSR count). The number of sulfone groups is 1. The third kappa shape index (κ3) is 6.23. The Morgan fingerprint density at radius 1 is 0.932 bits per heavy atom. The molecule has 2 heterocycles. The predicted octanol–water partition coefficient (Wildman–Crippen LogP) is 6.26. The molecular formula is C31H27F3N4O5S. The Morgan fingerprint density at radius 3 is 2.25 bits per heavy atom. The number of carbonyl (C=O) groups is 1. The number of aryl methyl sites for hydroxylation is 2. The average Bonchev–Trinajstić information content (AvgIpc) is 3.59. The van der Waals surface area contributed by atoms with Crippen LogP contribution in [-0.2, 0) is 28.0 Å². The standard InChI is InChI=1S/C31H27F3N4O5S/c1-5-29-35-18-28(19-9-12-22(13-10-19)43-31(32,33)34)38(29)27-16-21(20-7-6-8-23(15-20)44(4,40)41)11-14-24(27)26-17-25(30(39)42-3)36-37(26)2/h6-18H,5H2,1-4H3. The van der Waals surface area contributed by atoms with Crippen LogP contribution in [0.5, 0.6) is 5.75 Å². The van der Waals surface area contributed by atoms with Gasteiger partial charge < -0.3 is 9.47 Å². The zero-order valence-electron chi connectivity index (χ0n) is 24.1. The number of halogens is 3. The lowest BCUT2D eigenvalue weighted by atomic mass is 9.99. The van der Waals surface area contributed by atoms with Crippen LogP contribution < -0.4 is 4.74 Å².